The van der Waals surface area contributed by atoms with E-state index >= 15 is 0 Å². The second kappa shape index (κ2) is 18.3. The van der Waals surface area contributed by atoms with Crippen LogP contribution < -0.4 is 0 Å². The number of unbranched alkanes of at least 4 members (excludes halogenated alkanes) is 15. The predicted octanol–water partition coefficient (Wildman–Crippen LogP) is 8.93. The molecular weight excluding hydrogens is 432 g/mol. The monoisotopic (exact) mass is 482 g/mol. The molecule has 0 fully saturated rings. The fourth-order valence-corrected chi connectivity index (χ4v) is 5.56. The van der Waals surface area contributed by atoms with Crippen LogP contribution in [-0.4, -0.2) is 18.1 Å². The zero-order valence-corrected chi connectivity index (χ0v) is 22.2. The number of rotatable bonds is 21. The molecule has 1 aromatic carbocycles. The predicted molar refractivity (Wildman–Crippen MR) is 141 cm³/mol. The zero-order chi connectivity index (χ0) is 24.4. The number of phenolic OH excluding ortho intramolecular Hbond substituents is 1. The van der Waals surface area contributed by atoms with Crippen LogP contribution in [-0.2, 0) is 16.5 Å². The fraction of sp³-hybridized carbons (Fsp3) is 0.786. The summed E-state index contributed by atoms with van der Waals surface area (Å²) in [6.45, 7) is 4.45. The summed E-state index contributed by atoms with van der Waals surface area (Å²) >= 11 is 0. The summed E-state index contributed by atoms with van der Waals surface area (Å²) in [6, 6.07) is 5.25. The third kappa shape index (κ3) is 14.0. The molecule has 0 saturated heterocycles. The molecule has 0 aromatic heterocycles. The van der Waals surface area contributed by atoms with Crippen molar-refractivity contribution in [3.8, 4) is 5.75 Å². The van der Waals surface area contributed by atoms with Crippen LogP contribution in [0.2, 0.25) is 0 Å². The van der Waals surface area contributed by atoms with Gasteiger partial charge in [-0.1, -0.05) is 129 Å². The molecule has 33 heavy (non-hydrogen) atoms. The molecular formula is C28H50O4S. The van der Waals surface area contributed by atoms with Crippen LogP contribution in [0.15, 0.2) is 18.2 Å². The van der Waals surface area contributed by atoms with E-state index in [-0.39, 0.29) is 5.75 Å². The first-order valence-corrected chi connectivity index (χ1v) is 15.2. The van der Waals surface area contributed by atoms with Gasteiger partial charge in [-0.2, -0.15) is 8.42 Å². The molecule has 1 rings (SSSR count). The topological polar surface area (TPSA) is 74.6 Å². The van der Waals surface area contributed by atoms with E-state index in [0.29, 0.717) is 12.0 Å². The van der Waals surface area contributed by atoms with Gasteiger partial charge < -0.3 is 5.11 Å². The largest absolute Gasteiger partial charge is 0.508 e. The van der Waals surface area contributed by atoms with Gasteiger partial charge in [0.05, 0.1) is 0 Å². The van der Waals surface area contributed by atoms with Crippen LogP contribution in [0.3, 0.4) is 0 Å². The summed E-state index contributed by atoms with van der Waals surface area (Å²) in [6.07, 6.45) is 21.6. The minimum Gasteiger partial charge on any atom is -0.508 e. The van der Waals surface area contributed by atoms with Crippen molar-refractivity contribution in [3.05, 3.63) is 29.3 Å². The molecule has 4 nitrogen and oxygen atoms in total. The summed E-state index contributed by atoms with van der Waals surface area (Å²) in [5, 5.41) is 9.31. The van der Waals surface area contributed by atoms with E-state index in [4.69, 9.17) is 0 Å². The fourth-order valence-electron chi connectivity index (χ4n) is 4.59. The van der Waals surface area contributed by atoms with Gasteiger partial charge in [-0.25, -0.2) is 0 Å². The number of benzene rings is 1. The third-order valence-corrected chi connectivity index (χ3v) is 7.90. The quantitative estimate of drug-likeness (QED) is 0.135. The Kier molecular flexibility index (Phi) is 16.6. The Bertz CT molecular complexity index is 715. The first-order chi connectivity index (χ1) is 15.9. The summed E-state index contributed by atoms with van der Waals surface area (Å²) in [4.78, 5) is 0. The SMILES string of the molecule is CCCCCCCCCCCCC(c1cc(CCCCCCCCC)ccc1O)S(=O)(=O)O. The Balaban J connectivity index is 2.47. The number of phenols is 1. The zero-order valence-electron chi connectivity index (χ0n) is 21.4. The molecule has 0 heterocycles. The maximum Gasteiger partial charge on any atom is 0.272 e. The molecule has 1 unspecified atom stereocenters. The smallest absolute Gasteiger partial charge is 0.272 e. The molecule has 192 valence electrons. The molecule has 0 aliphatic heterocycles. The molecule has 0 saturated carbocycles. The van der Waals surface area contributed by atoms with Crippen molar-refractivity contribution < 1.29 is 18.1 Å². The molecule has 0 aliphatic rings. The van der Waals surface area contributed by atoms with Crippen LogP contribution in [0.5, 0.6) is 5.75 Å². The van der Waals surface area contributed by atoms with Crippen LogP contribution in [0, 0.1) is 0 Å². The van der Waals surface area contributed by atoms with Crippen molar-refractivity contribution in [1.82, 2.24) is 0 Å². The molecule has 2 N–H and O–H groups in total. The standard InChI is InChI=1S/C28H50O4S/c1-3-5-7-9-11-12-13-15-17-19-21-28(33(30,31)32)26-24-25(22-23-27(26)29)20-18-16-14-10-8-6-4-2/h22-24,28-29H,3-21H2,1-2H3,(H,30,31,32). The maximum atomic E-state index is 12.1. The van der Waals surface area contributed by atoms with Gasteiger partial charge in [0.1, 0.15) is 11.0 Å². The van der Waals surface area contributed by atoms with Gasteiger partial charge >= 0.3 is 0 Å². The summed E-state index contributed by atoms with van der Waals surface area (Å²) in [5.74, 6) is -0.0342. The molecule has 1 aromatic rings. The minimum atomic E-state index is -4.27. The molecule has 0 radical (unpaired) electrons. The van der Waals surface area contributed by atoms with E-state index < -0.39 is 15.4 Å². The molecule has 5 heteroatoms. The molecule has 0 aliphatic carbocycles. The lowest BCUT2D eigenvalue weighted by Gasteiger charge is -2.17. The lowest BCUT2D eigenvalue weighted by molar-refractivity contribution is 0.440. The second-order valence-corrected chi connectivity index (χ2v) is 11.3. The highest BCUT2D eigenvalue weighted by Crippen LogP contribution is 2.35. The highest BCUT2D eigenvalue weighted by Gasteiger charge is 2.27. The maximum absolute atomic E-state index is 12.1. The second-order valence-electron chi connectivity index (χ2n) is 9.74. The van der Waals surface area contributed by atoms with E-state index in [9.17, 15) is 18.1 Å². The van der Waals surface area contributed by atoms with Crippen molar-refractivity contribution in [2.45, 2.75) is 141 Å². The van der Waals surface area contributed by atoms with Gasteiger partial charge in [0.25, 0.3) is 10.1 Å². The molecule has 1 atom stereocenters. The van der Waals surface area contributed by atoms with Crippen molar-refractivity contribution in [1.29, 1.82) is 0 Å². The Hall–Kier alpha value is -1.07. The van der Waals surface area contributed by atoms with E-state index in [1.807, 2.05) is 6.07 Å². The van der Waals surface area contributed by atoms with Crippen molar-refractivity contribution in [3.63, 3.8) is 0 Å². The first-order valence-electron chi connectivity index (χ1n) is 13.7. The number of hydrogen-bond acceptors (Lipinski definition) is 3. The van der Waals surface area contributed by atoms with Crippen LogP contribution in [0.25, 0.3) is 0 Å². The van der Waals surface area contributed by atoms with Crippen LogP contribution in [0.1, 0.15) is 146 Å². The van der Waals surface area contributed by atoms with Crippen molar-refractivity contribution in [2.24, 2.45) is 0 Å². The molecule has 0 bridgehead atoms. The van der Waals surface area contributed by atoms with Crippen molar-refractivity contribution >= 4 is 10.1 Å². The lowest BCUT2D eigenvalue weighted by atomic mass is 9.98. The number of aryl methyl sites for hydroxylation is 1. The van der Waals surface area contributed by atoms with Gasteiger partial charge in [0.15, 0.2) is 0 Å². The van der Waals surface area contributed by atoms with Crippen LogP contribution in [0.4, 0.5) is 0 Å². The molecule has 0 spiro atoms. The third-order valence-electron chi connectivity index (χ3n) is 6.69. The average molecular weight is 483 g/mol. The Morgan fingerprint density at radius 2 is 1.15 bits per heavy atom. The molecule has 0 amide bonds. The highest BCUT2D eigenvalue weighted by molar-refractivity contribution is 7.86. The summed E-state index contributed by atoms with van der Waals surface area (Å²) in [5.41, 5.74) is 1.39. The van der Waals surface area contributed by atoms with Gasteiger partial charge in [-0.3, -0.25) is 4.55 Å². The van der Waals surface area contributed by atoms with E-state index in [1.165, 1.54) is 83.5 Å². The van der Waals surface area contributed by atoms with Gasteiger partial charge in [0.2, 0.25) is 0 Å². The normalized spacial score (nSPS) is 12.8. The average Bonchev–Trinajstić information content (AvgIpc) is 2.77. The van der Waals surface area contributed by atoms with E-state index in [2.05, 4.69) is 13.8 Å². The van der Waals surface area contributed by atoms with Gasteiger partial charge in [-0.05, 0) is 30.9 Å². The first kappa shape index (κ1) is 30.0. The Morgan fingerprint density at radius 3 is 1.64 bits per heavy atom. The van der Waals surface area contributed by atoms with E-state index in [1.54, 1.807) is 12.1 Å². The van der Waals surface area contributed by atoms with Gasteiger partial charge in [-0.15, -0.1) is 0 Å². The summed E-state index contributed by atoms with van der Waals surface area (Å²) in [7, 11) is -4.27. The number of aromatic hydroxyl groups is 1. The Labute approximate surface area is 204 Å². The van der Waals surface area contributed by atoms with Crippen LogP contribution >= 0.6 is 0 Å². The minimum absolute atomic E-state index is 0.0342. The Morgan fingerprint density at radius 1 is 0.697 bits per heavy atom. The number of hydrogen-bond donors (Lipinski definition) is 2. The van der Waals surface area contributed by atoms with E-state index in [0.717, 1.165) is 37.7 Å². The van der Waals surface area contributed by atoms with Crippen molar-refractivity contribution in [2.75, 3.05) is 0 Å². The summed E-state index contributed by atoms with van der Waals surface area (Å²) < 4.78 is 34.1. The lowest BCUT2D eigenvalue weighted by Crippen LogP contribution is -2.13. The highest BCUT2D eigenvalue weighted by atomic mass is 32.2. The van der Waals surface area contributed by atoms with Gasteiger partial charge in [0, 0.05) is 5.56 Å².